The Kier molecular flexibility index (Phi) is 5.85. The molecule has 2 aliphatic rings. The fraction of sp³-hybridized carbons (Fsp3) is 0.409. The first-order valence-electron chi connectivity index (χ1n) is 10.2. The summed E-state index contributed by atoms with van der Waals surface area (Å²) < 4.78 is 13.1. The van der Waals surface area contributed by atoms with E-state index in [0.29, 0.717) is 6.54 Å². The summed E-state index contributed by atoms with van der Waals surface area (Å²) in [5.74, 6) is 0.278. The van der Waals surface area contributed by atoms with Crippen LogP contribution in [0.5, 0.6) is 5.75 Å². The molecule has 6 nitrogen and oxygen atoms in total. The van der Waals surface area contributed by atoms with Gasteiger partial charge in [-0.05, 0) is 48.5 Å². The van der Waals surface area contributed by atoms with Crippen LogP contribution < -0.4 is 14.7 Å². The maximum atomic E-state index is 13.1. The van der Waals surface area contributed by atoms with E-state index >= 15 is 0 Å². The van der Waals surface area contributed by atoms with E-state index in [9.17, 15) is 14.3 Å². The van der Waals surface area contributed by atoms with Crippen LogP contribution >= 0.6 is 0 Å². The van der Waals surface area contributed by atoms with Gasteiger partial charge in [0, 0.05) is 37.6 Å². The summed E-state index contributed by atoms with van der Waals surface area (Å²) in [7, 11) is 0. The minimum absolute atomic E-state index is 0.214. The number of hydrogen-bond acceptors (Lipinski definition) is 4. The number of piperazine rings is 2. The number of halogens is 1. The number of aromatic hydroxyl groups is 1. The van der Waals surface area contributed by atoms with Gasteiger partial charge < -0.3 is 24.7 Å². The second kappa shape index (κ2) is 8.69. The van der Waals surface area contributed by atoms with Crippen LogP contribution in [0.25, 0.3) is 0 Å². The smallest absolute Gasteiger partial charge is 0.277 e. The van der Waals surface area contributed by atoms with Crippen LogP contribution in [-0.2, 0) is 4.79 Å². The molecule has 2 aromatic rings. The van der Waals surface area contributed by atoms with Gasteiger partial charge in [0.2, 0.25) is 0 Å². The lowest BCUT2D eigenvalue weighted by atomic mass is 10.2. The predicted molar refractivity (Wildman–Crippen MR) is 111 cm³/mol. The number of phenols is 1. The number of hydrogen-bond donors (Lipinski definition) is 2. The van der Waals surface area contributed by atoms with Crippen LogP contribution in [0.2, 0.25) is 0 Å². The number of carbonyl (C=O) groups excluding carboxylic acids is 1. The highest BCUT2D eigenvalue weighted by atomic mass is 19.1. The molecule has 0 aliphatic carbocycles. The SMILES string of the molecule is O=C(C[NH+]1CCN(c2ccc(F)cc2)CC1)N1CCN(c2ccc(O)cc2)CC1. The van der Waals surface area contributed by atoms with Crippen molar-refractivity contribution in [3.05, 3.63) is 54.3 Å². The number of nitrogens with zero attached hydrogens (tertiary/aromatic N) is 3. The molecule has 0 bridgehead atoms. The standard InChI is InChI=1S/C22H27FN4O2/c23-18-1-3-19(4-2-18)25-11-9-24(10-12-25)17-22(29)27-15-13-26(14-16-27)20-5-7-21(28)8-6-20/h1-8,28H,9-17H2/p+1. The second-order valence-electron chi connectivity index (χ2n) is 7.77. The topological polar surface area (TPSA) is 51.5 Å². The molecule has 0 spiro atoms. The summed E-state index contributed by atoms with van der Waals surface area (Å²) >= 11 is 0. The van der Waals surface area contributed by atoms with Gasteiger partial charge in [-0.25, -0.2) is 4.39 Å². The monoisotopic (exact) mass is 399 g/mol. The van der Waals surface area contributed by atoms with Crippen molar-refractivity contribution >= 4 is 17.3 Å². The van der Waals surface area contributed by atoms with Crippen LogP contribution in [0.4, 0.5) is 15.8 Å². The van der Waals surface area contributed by atoms with Gasteiger partial charge in [0.05, 0.1) is 26.2 Å². The average molecular weight is 399 g/mol. The third-order valence-corrected chi connectivity index (χ3v) is 5.91. The Labute approximate surface area is 170 Å². The van der Waals surface area contributed by atoms with E-state index in [4.69, 9.17) is 0 Å². The van der Waals surface area contributed by atoms with Gasteiger partial charge in [-0.3, -0.25) is 4.79 Å². The van der Waals surface area contributed by atoms with Gasteiger partial charge in [-0.2, -0.15) is 0 Å². The minimum atomic E-state index is -0.214. The molecule has 0 saturated carbocycles. The predicted octanol–water partition coefficient (Wildman–Crippen LogP) is 0.585. The first-order valence-corrected chi connectivity index (χ1v) is 10.2. The van der Waals surface area contributed by atoms with Crippen molar-refractivity contribution in [1.82, 2.24) is 4.90 Å². The number of quaternary nitrogens is 1. The second-order valence-corrected chi connectivity index (χ2v) is 7.77. The minimum Gasteiger partial charge on any atom is -0.508 e. The van der Waals surface area contributed by atoms with Crippen molar-refractivity contribution < 1.29 is 19.2 Å². The number of phenolic OH excluding ortho intramolecular Hbond substituents is 1. The van der Waals surface area contributed by atoms with Gasteiger partial charge >= 0.3 is 0 Å². The van der Waals surface area contributed by atoms with E-state index in [-0.39, 0.29) is 17.5 Å². The van der Waals surface area contributed by atoms with Crippen molar-refractivity contribution in [3.8, 4) is 5.75 Å². The van der Waals surface area contributed by atoms with Crippen LogP contribution in [-0.4, -0.2) is 74.8 Å². The molecule has 2 saturated heterocycles. The highest BCUT2D eigenvalue weighted by molar-refractivity contribution is 5.77. The number of benzene rings is 2. The molecule has 29 heavy (non-hydrogen) atoms. The lowest BCUT2D eigenvalue weighted by Crippen LogP contribution is -3.16. The highest BCUT2D eigenvalue weighted by Crippen LogP contribution is 2.19. The molecule has 2 N–H and O–H groups in total. The van der Waals surface area contributed by atoms with Gasteiger partial charge in [-0.1, -0.05) is 0 Å². The maximum absolute atomic E-state index is 13.1. The molecule has 2 aromatic carbocycles. The van der Waals surface area contributed by atoms with Crippen molar-refractivity contribution in [2.75, 3.05) is 68.7 Å². The summed E-state index contributed by atoms with van der Waals surface area (Å²) in [4.78, 5) is 20.5. The summed E-state index contributed by atoms with van der Waals surface area (Å²) in [5, 5.41) is 9.43. The maximum Gasteiger partial charge on any atom is 0.277 e. The fourth-order valence-corrected chi connectivity index (χ4v) is 4.11. The molecule has 0 aromatic heterocycles. The fourth-order valence-electron chi connectivity index (χ4n) is 4.11. The lowest BCUT2D eigenvalue weighted by Gasteiger charge is -2.37. The number of nitrogens with one attached hydrogen (secondary N) is 1. The molecule has 0 radical (unpaired) electrons. The largest absolute Gasteiger partial charge is 0.508 e. The molecule has 2 aliphatic heterocycles. The molecule has 2 heterocycles. The Balaban J connectivity index is 1.22. The van der Waals surface area contributed by atoms with Crippen LogP contribution in [0.1, 0.15) is 0 Å². The summed E-state index contributed by atoms with van der Waals surface area (Å²) in [5.41, 5.74) is 2.12. The Morgan fingerprint density at radius 3 is 1.93 bits per heavy atom. The molecule has 154 valence electrons. The average Bonchev–Trinajstić information content (AvgIpc) is 2.76. The first kappa shape index (κ1) is 19.5. The summed E-state index contributed by atoms with van der Waals surface area (Å²) in [6.45, 7) is 7.20. The van der Waals surface area contributed by atoms with Crippen molar-refractivity contribution in [2.24, 2.45) is 0 Å². The molecule has 4 rings (SSSR count). The number of amides is 1. The zero-order valence-electron chi connectivity index (χ0n) is 16.6. The normalized spacial score (nSPS) is 18.2. The third-order valence-electron chi connectivity index (χ3n) is 5.91. The zero-order valence-corrected chi connectivity index (χ0v) is 16.6. The molecule has 2 fully saturated rings. The van der Waals surface area contributed by atoms with Crippen molar-refractivity contribution in [1.29, 1.82) is 0 Å². The number of carbonyl (C=O) groups is 1. The molecule has 1 amide bonds. The Hall–Kier alpha value is -2.80. The number of rotatable bonds is 4. The Morgan fingerprint density at radius 1 is 0.828 bits per heavy atom. The Bertz CT molecular complexity index is 812. The van der Waals surface area contributed by atoms with E-state index in [1.54, 1.807) is 12.1 Å². The van der Waals surface area contributed by atoms with E-state index in [0.717, 1.165) is 63.7 Å². The molecule has 0 unspecified atom stereocenters. The van der Waals surface area contributed by atoms with E-state index in [1.807, 2.05) is 29.2 Å². The van der Waals surface area contributed by atoms with Crippen molar-refractivity contribution in [2.45, 2.75) is 0 Å². The highest BCUT2D eigenvalue weighted by Gasteiger charge is 2.27. The third kappa shape index (κ3) is 4.79. The van der Waals surface area contributed by atoms with Gasteiger partial charge in [0.25, 0.3) is 5.91 Å². The van der Waals surface area contributed by atoms with Gasteiger partial charge in [-0.15, -0.1) is 0 Å². The molecule has 0 atom stereocenters. The van der Waals surface area contributed by atoms with Crippen LogP contribution in [0.3, 0.4) is 0 Å². The summed E-state index contributed by atoms with van der Waals surface area (Å²) in [6, 6.07) is 13.8. The lowest BCUT2D eigenvalue weighted by molar-refractivity contribution is -0.892. The summed E-state index contributed by atoms with van der Waals surface area (Å²) in [6.07, 6.45) is 0. The van der Waals surface area contributed by atoms with Gasteiger partial charge in [0.15, 0.2) is 6.54 Å². The van der Waals surface area contributed by atoms with Crippen LogP contribution in [0, 0.1) is 5.82 Å². The van der Waals surface area contributed by atoms with Crippen molar-refractivity contribution in [3.63, 3.8) is 0 Å². The van der Waals surface area contributed by atoms with E-state index in [1.165, 1.54) is 17.0 Å². The molecular formula is C22H28FN4O2+. The Morgan fingerprint density at radius 2 is 1.34 bits per heavy atom. The van der Waals surface area contributed by atoms with Gasteiger partial charge in [0.1, 0.15) is 11.6 Å². The van der Waals surface area contributed by atoms with E-state index in [2.05, 4.69) is 9.80 Å². The number of anilines is 2. The van der Waals surface area contributed by atoms with E-state index < -0.39 is 0 Å². The molecular weight excluding hydrogens is 371 g/mol. The molecule has 7 heteroatoms. The zero-order chi connectivity index (χ0) is 20.2. The van der Waals surface area contributed by atoms with Crippen LogP contribution in [0.15, 0.2) is 48.5 Å². The quantitative estimate of drug-likeness (QED) is 0.790. The first-order chi connectivity index (χ1) is 14.1.